The van der Waals surface area contributed by atoms with Gasteiger partial charge in [0.05, 0.1) is 6.54 Å². The zero-order valence-corrected chi connectivity index (χ0v) is 16.1. The molecule has 22 heavy (non-hydrogen) atoms. The van der Waals surface area contributed by atoms with Gasteiger partial charge in [-0.05, 0) is 5.56 Å². The molecule has 0 fully saturated rings. The molecule has 1 amide bonds. The van der Waals surface area contributed by atoms with Gasteiger partial charge < -0.3 is 15.5 Å². The van der Waals surface area contributed by atoms with Crippen molar-refractivity contribution in [1.82, 2.24) is 15.5 Å². The fourth-order valence-electron chi connectivity index (χ4n) is 1.67. The summed E-state index contributed by atoms with van der Waals surface area (Å²) in [6.45, 7) is 5.66. The summed E-state index contributed by atoms with van der Waals surface area (Å²) in [5.41, 5.74) is 1.17. The molecular formula is C16H27IN4O. The molecule has 124 valence electrons. The molecule has 0 aliphatic carbocycles. The van der Waals surface area contributed by atoms with Crippen LogP contribution in [0.25, 0.3) is 0 Å². The van der Waals surface area contributed by atoms with Gasteiger partial charge in [-0.3, -0.25) is 4.79 Å². The first kappa shape index (κ1) is 20.7. The molecule has 0 radical (unpaired) electrons. The topological polar surface area (TPSA) is 56.7 Å². The van der Waals surface area contributed by atoms with E-state index < -0.39 is 0 Å². The number of guanidine groups is 1. The highest BCUT2D eigenvalue weighted by Crippen LogP contribution is 2.00. The maximum absolute atomic E-state index is 11.5. The van der Waals surface area contributed by atoms with Crippen LogP contribution in [0.4, 0.5) is 0 Å². The first-order valence-electron chi connectivity index (χ1n) is 7.28. The van der Waals surface area contributed by atoms with E-state index in [1.165, 1.54) is 5.56 Å². The molecule has 0 spiro atoms. The van der Waals surface area contributed by atoms with Gasteiger partial charge >= 0.3 is 0 Å². The summed E-state index contributed by atoms with van der Waals surface area (Å²) in [5.74, 6) is 0.909. The molecule has 6 heteroatoms. The Morgan fingerprint density at radius 1 is 1.14 bits per heavy atom. The number of benzene rings is 1. The van der Waals surface area contributed by atoms with E-state index in [0.29, 0.717) is 19.6 Å². The Bertz CT molecular complexity index is 460. The first-order chi connectivity index (χ1) is 10.0. The zero-order chi connectivity index (χ0) is 15.7. The monoisotopic (exact) mass is 418 g/mol. The standard InChI is InChI=1S/C16H26N4O.HI/c1-13(2)15(21)17-10-11-18-16(20(3)4)19-12-14-8-6-5-7-9-14;/h5-9,13H,10-12H2,1-4H3,(H,17,21)(H,18,19);1H. The number of rotatable bonds is 6. The average molecular weight is 418 g/mol. The summed E-state index contributed by atoms with van der Waals surface area (Å²) in [5, 5.41) is 6.12. The predicted octanol–water partition coefficient (Wildman–Crippen LogP) is 2.08. The van der Waals surface area contributed by atoms with Gasteiger partial charge in [-0.1, -0.05) is 44.2 Å². The van der Waals surface area contributed by atoms with Gasteiger partial charge in [0.1, 0.15) is 0 Å². The van der Waals surface area contributed by atoms with E-state index >= 15 is 0 Å². The third-order valence-corrected chi connectivity index (χ3v) is 2.91. The molecule has 1 aromatic rings. The van der Waals surface area contributed by atoms with Crippen molar-refractivity contribution in [3.05, 3.63) is 35.9 Å². The van der Waals surface area contributed by atoms with Crippen LogP contribution in [0.3, 0.4) is 0 Å². The molecule has 1 aromatic carbocycles. The van der Waals surface area contributed by atoms with Gasteiger partial charge in [0.15, 0.2) is 5.96 Å². The lowest BCUT2D eigenvalue weighted by Crippen LogP contribution is -2.41. The molecule has 2 N–H and O–H groups in total. The maximum atomic E-state index is 11.5. The Labute approximate surface area is 150 Å². The van der Waals surface area contributed by atoms with E-state index in [1.54, 1.807) is 0 Å². The van der Waals surface area contributed by atoms with Crippen molar-refractivity contribution in [1.29, 1.82) is 0 Å². The Hall–Kier alpha value is -1.31. The van der Waals surface area contributed by atoms with Crippen molar-refractivity contribution in [2.24, 2.45) is 10.9 Å². The first-order valence-corrected chi connectivity index (χ1v) is 7.28. The number of hydrogen-bond donors (Lipinski definition) is 2. The van der Waals surface area contributed by atoms with Crippen LogP contribution in [0.1, 0.15) is 19.4 Å². The maximum Gasteiger partial charge on any atom is 0.222 e. The Balaban J connectivity index is 0.00000441. The summed E-state index contributed by atoms with van der Waals surface area (Å²) in [7, 11) is 3.90. The van der Waals surface area contributed by atoms with Crippen LogP contribution < -0.4 is 10.6 Å². The normalized spacial score (nSPS) is 10.9. The van der Waals surface area contributed by atoms with Gasteiger partial charge in [-0.2, -0.15) is 0 Å². The second-order valence-corrected chi connectivity index (χ2v) is 5.39. The van der Waals surface area contributed by atoms with Crippen LogP contribution in [0.5, 0.6) is 0 Å². The van der Waals surface area contributed by atoms with E-state index in [-0.39, 0.29) is 35.8 Å². The van der Waals surface area contributed by atoms with Crippen molar-refractivity contribution < 1.29 is 4.79 Å². The van der Waals surface area contributed by atoms with Crippen molar-refractivity contribution in [3.63, 3.8) is 0 Å². The minimum absolute atomic E-state index is 0. The minimum Gasteiger partial charge on any atom is -0.354 e. The largest absolute Gasteiger partial charge is 0.354 e. The van der Waals surface area contributed by atoms with Crippen molar-refractivity contribution in [2.75, 3.05) is 27.2 Å². The highest BCUT2D eigenvalue weighted by Gasteiger charge is 2.06. The predicted molar refractivity (Wildman–Crippen MR) is 103 cm³/mol. The lowest BCUT2D eigenvalue weighted by atomic mass is 10.2. The Morgan fingerprint density at radius 2 is 1.73 bits per heavy atom. The number of amides is 1. The quantitative estimate of drug-likeness (QED) is 0.322. The third-order valence-electron chi connectivity index (χ3n) is 2.91. The Kier molecular flexibility index (Phi) is 10.6. The molecule has 0 atom stereocenters. The SMILES string of the molecule is CC(C)C(=O)NCCNC(=NCc1ccccc1)N(C)C.I. The van der Waals surface area contributed by atoms with Crippen molar-refractivity contribution in [3.8, 4) is 0 Å². The summed E-state index contributed by atoms with van der Waals surface area (Å²) >= 11 is 0. The number of halogens is 1. The van der Waals surface area contributed by atoms with E-state index in [9.17, 15) is 4.79 Å². The lowest BCUT2D eigenvalue weighted by molar-refractivity contribution is -0.123. The van der Waals surface area contributed by atoms with Crippen LogP contribution in [0.2, 0.25) is 0 Å². The second kappa shape index (κ2) is 11.3. The van der Waals surface area contributed by atoms with Crippen LogP contribution in [-0.4, -0.2) is 44.0 Å². The van der Waals surface area contributed by atoms with Gasteiger partial charge in [0.2, 0.25) is 5.91 Å². The van der Waals surface area contributed by atoms with Gasteiger partial charge in [0.25, 0.3) is 0 Å². The molecule has 0 aliphatic rings. The summed E-state index contributed by atoms with van der Waals surface area (Å²) in [6, 6.07) is 10.1. The number of nitrogens with zero attached hydrogens (tertiary/aromatic N) is 2. The molecule has 0 saturated heterocycles. The van der Waals surface area contributed by atoms with Crippen molar-refractivity contribution >= 4 is 35.8 Å². The molecule has 0 saturated carbocycles. The van der Waals surface area contributed by atoms with Crippen LogP contribution in [0, 0.1) is 5.92 Å². The Morgan fingerprint density at radius 3 is 2.27 bits per heavy atom. The number of aliphatic imine (C=N–C) groups is 1. The van der Waals surface area contributed by atoms with E-state index in [4.69, 9.17) is 0 Å². The number of carbonyl (C=O) groups excluding carboxylic acids is 1. The highest BCUT2D eigenvalue weighted by molar-refractivity contribution is 14.0. The smallest absolute Gasteiger partial charge is 0.222 e. The van der Waals surface area contributed by atoms with E-state index in [2.05, 4.69) is 27.8 Å². The van der Waals surface area contributed by atoms with Crippen LogP contribution in [0.15, 0.2) is 35.3 Å². The molecule has 1 rings (SSSR count). The second-order valence-electron chi connectivity index (χ2n) is 5.39. The number of carbonyl (C=O) groups is 1. The summed E-state index contributed by atoms with van der Waals surface area (Å²) < 4.78 is 0. The minimum atomic E-state index is 0. The van der Waals surface area contributed by atoms with Gasteiger partial charge in [-0.15, -0.1) is 24.0 Å². The van der Waals surface area contributed by atoms with E-state index in [1.807, 2.05) is 51.0 Å². The summed E-state index contributed by atoms with van der Waals surface area (Å²) in [4.78, 5) is 18.0. The molecule has 0 bridgehead atoms. The molecule has 0 heterocycles. The molecular weight excluding hydrogens is 391 g/mol. The number of nitrogens with one attached hydrogen (secondary N) is 2. The van der Waals surface area contributed by atoms with Crippen LogP contribution in [-0.2, 0) is 11.3 Å². The molecule has 0 unspecified atom stereocenters. The van der Waals surface area contributed by atoms with Gasteiger partial charge in [0, 0.05) is 33.1 Å². The molecule has 5 nitrogen and oxygen atoms in total. The highest BCUT2D eigenvalue weighted by atomic mass is 127. The number of hydrogen-bond acceptors (Lipinski definition) is 2. The fraction of sp³-hybridized carbons (Fsp3) is 0.500. The third kappa shape index (κ3) is 8.21. The van der Waals surface area contributed by atoms with Crippen LogP contribution >= 0.6 is 24.0 Å². The van der Waals surface area contributed by atoms with E-state index in [0.717, 1.165) is 5.96 Å². The average Bonchev–Trinajstić information content (AvgIpc) is 2.46. The van der Waals surface area contributed by atoms with Gasteiger partial charge in [-0.25, -0.2) is 4.99 Å². The lowest BCUT2D eigenvalue weighted by Gasteiger charge is -2.18. The zero-order valence-electron chi connectivity index (χ0n) is 13.8. The fourth-order valence-corrected chi connectivity index (χ4v) is 1.67. The molecule has 0 aromatic heterocycles. The summed E-state index contributed by atoms with van der Waals surface area (Å²) in [6.07, 6.45) is 0. The molecule has 0 aliphatic heterocycles. The van der Waals surface area contributed by atoms with Crippen molar-refractivity contribution in [2.45, 2.75) is 20.4 Å².